The number of guanidine groups is 1. The molecule has 7 nitrogen and oxygen atoms in total. The fourth-order valence-electron chi connectivity index (χ4n) is 3.61. The van der Waals surface area contributed by atoms with E-state index in [-0.39, 0.29) is 42.3 Å². The summed E-state index contributed by atoms with van der Waals surface area (Å²) >= 11 is 0. The van der Waals surface area contributed by atoms with Crippen LogP contribution in [0.25, 0.3) is 0 Å². The fraction of sp³-hybridized carbons (Fsp3) is 0.571. The lowest BCUT2D eigenvalue weighted by Gasteiger charge is -2.26. The van der Waals surface area contributed by atoms with E-state index < -0.39 is 0 Å². The maximum atomic E-state index is 12.2. The zero-order valence-electron chi connectivity index (χ0n) is 17.2. The van der Waals surface area contributed by atoms with E-state index in [2.05, 4.69) is 15.6 Å². The molecule has 0 unspecified atom stereocenters. The Morgan fingerprint density at radius 1 is 1.03 bits per heavy atom. The molecule has 1 aromatic rings. The average Bonchev–Trinajstić information content (AvgIpc) is 3.26. The predicted molar refractivity (Wildman–Crippen MR) is 127 cm³/mol. The first-order valence-electron chi connectivity index (χ1n) is 10.4. The minimum Gasteiger partial charge on any atom is -0.357 e. The first-order chi connectivity index (χ1) is 13.7. The molecule has 2 aliphatic heterocycles. The Labute approximate surface area is 190 Å². The van der Waals surface area contributed by atoms with E-state index in [4.69, 9.17) is 0 Å². The third kappa shape index (κ3) is 6.87. The molecule has 3 rings (SSSR count). The molecule has 0 saturated carbocycles. The first-order valence-corrected chi connectivity index (χ1v) is 10.4. The van der Waals surface area contributed by atoms with E-state index in [1.54, 1.807) is 0 Å². The Morgan fingerprint density at radius 3 is 2.38 bits per heavy atom. The number of hydrogen-bond acceptors (Lipinski definition) is 3. The van der Waals surface area contributed by atoms with E-state index in [0.29, 0.717) is 18.9 Å². The molecule has 0 radical (unpaired) electrons. The SMILES string of the molecule is CCNC(=NCc1ccc(N2CCCCC2=O)cc1)NCC(=O)N1CCCC1.I. The summed E-state index contributed by atoms with van der Waals surface area (Å²) in [6, 6.07) is 8.01. The van der Waals surface area contributed by atoms with Gasteiger partial charge in [0.1, 0.15) is 0 Å². The van der Waals surface area contributed by atoms with Gasteiger partial charge < -0.3 is 20.4 Å². The summed E-state index contributed by atoms with van der Waals surface area (Å²) in [5.74, 6) is 0.974. The van der Waals surface area contributed by atoms with Crippen LogP contribution in [0, 0.1) is 0 Å². The number of piperidine rings is 1. The largest absolute Gasteiger partial charge is 0.357 e. The minimum absolute atomic E-state index is 0. The lowest BCUT2D eigenvalue weighted by Crippen LogP contribution is -2.44. The van der Waals surface area contributed by atoms with Crippen molar-refractivity contribution in [1.29, 1.82) is 0 Å². The molecule has 2 N–H and O–H groups in total. The minimum atomic E-state index is 0. The Bertz CT molecular complexity index is 702. The van der Waals surface area contributed by atoms with Gasteiger partial charge in [0.2, 0.25) is 11.8 Å². The fourth-order valence-corrected chi connectivity index (χ4v) is 3.61. The lowest BCUT2D eigenvalue weighted by atomic mass is 10.1. The van der Waals surface area contributed by atoms with Crippen molar-refractivity contribution in [3.05, 3.63) is 29.8 Å². The first kappa shape index (κ1) is 23.4. The molecule has 2 heterocycles. The van der Waals surface area contributed by atoms with E-state index in [0.717, 1.165) is 63.1 Å². The van der Waals surface area contributed by atoms with Gasteiger partial charge in [-0.15, -0.1) is 24.0 Å². The molecule has 0 atom stereocenters. The summed E-state index contributed by atoms with van der Waals surface area (Å²) in [6.45, 7) is 6.04. The van der Waals surface area contributed by atoms with Gasteiger partial charge in [0.25, 0.3) is 0 Å². The number of amides is 2. The third-order valence-corrected chi connectivity index (χ3v) is 5.20. The zero-order chi connectivity index (χ0) is 19.8. The number of rotatable bonds is 6. The second-order valence-electron chi connectivity index (χ2n) is 7.31. The number of carbonyl (C=O) groups excluding carboxylic acids is 2. The highest BCUT2D eigenvalue weighted by Gasteiger charge is 2.19. The van der Waals surface area contributed by atoms with E-state index in [1.807, 2.05) is 41.0 Å². The molecule has 8 heteroatoms. The molecular formula is C21H32IN5O2. The van der Waals surface area contributed by atoms with Crippen LogP contribution in [0.3, 0.4) is 0 Å². The molecule has 2 aliphatic rings. The van der Waals surface area contributed by atoms with Crippen LogP contribution in [0.1, 0.15) is 44.6 Å². The highest BCUT2D eigenvalue weighted by Crippen LogP contribution is 2.21. The van der Waals surface area contributed by atoms with Gasteiger partial charge in [0.15, 0.2) is 5.96 Å². The molecule has 0 aliphatic carbocycles. The van der Waals surface area contributed by atoms with Gasteiger partial charge >= 0.3 is 0 Å². The smallest absolute Gasteiger partial charge is 0.241 e. The van der Waals surface area contributed by atoms with Crippen LogP contribution in [0.5, 0.6) is 0 Å². The van der Waals surface area contributed by atoms with Crippen molar-refractivity contribution < 1.29 is 9.59 Å². The average molecular weight is 513 g/mol. The summed E-state index contributed by atoms with van der Waals surface area (Å²) in [4.78, 5) is 32.6. The molecule has 29 heavy (non-hydrogen) atoms. The number of hydrogen-bond donors (Lipinski definition) is 2. The Kier molecular flexibility index (Phi) is 9.69. The predicted octanol–water partition coefficient (Wildman–Crippen LogP) is 2.50. The summed E-state index contributed by atoms with van der Waals surface area (Å²) in [5, 5.41) is 6.31. The van der Waals surface area contributed by atoms with Crippen LogP contribution in [-0.4, -0.2) is 55.4 Å². The normalized spacial score (nSPS) is 17.1. The molecule has 0 aromatic heterocycles. The van der Waals surface area contributed by atoms with Gasteiger partial charge in [-0.05, 0) is 50.3 Å². The number of halogens is 1. The standard InChI is InChI=1S/C21H31N5O2.HI/c1-2-22-21(24-16-20(28)25-12-5-6-13-25)23-15-17-8-10-18(11-9-17)26-14-4-3-7-19(26)27;/h8-11H,2-7,12-16H2,1H3,(H2,22,23,24);1H. The molecule has 160 valence electrons. The monoisotopic (exact) mass is 513 g/mol. The molecule has 1 aromatic carbocycles. The van der Waals surface area contributed by atoms with Crippen molar-refractivity contribution in [3.63, 3.8) is 0 Å². The van der Waals surface area contributed by atoms with Gasteiger partial charge in [-0.3, -0.25) is 9.59 Å². The van der Waals surface area contributed by atoms with Gasteiger partial charge in [-0.1, -0.05) is 12.1 Å². The second-order valence-corrected chi connectivity index (χ2v) is 7.31. The van der Waals surface area contributed by atoms with Crippen molar-refractivity contribution in [2.75, 3.05) is 37.6 Å². The summed E-state index contributed by atoms with van der Waals surface area (Å²) in [7, 11) is 0. The van der Waals surface area contributed by atoms with Crippen LogP contribution in [0.15, 0.2) is 29.3 Å². The number of nitrogens with one attached hydrogen (secondary N) is 2. The number of aliphatic imine (C=N–C) groups is 1. The maximum absolute atomic E-state index is 12.2. The molecule has 0 bridgehead atoms. The summed E-state index contributed by atoms with van der Waals surface area (Å²) in [5.41, 5.74) is 2.02. The lowest BCUT2D eigenvalue weighted by molar-refractivity contribution is -0.128. The van der Waals surface area contributed by atoms with Gasteiger partial charge in [0.05, 0.1) is 13.1 Å². The molecule has 2 fully saturated rings. The zero-order valence-corrected chi connectivity index (χ0v) is 19.5. The molecule has 2 amide bonds. The van der Waals surface area contributed by atoms with Crippen LogP contribution < -0.4 is 15.5 Å². The van der Waals surface area contributed by atoms with Crippen molar-refractivity contribution in [3.8, 4) is 0 Å². The molecule has 2 saturated heterocycles. The Hall–Kier alpha value is -1.84. The van der Waals surface area contributed by atoms with Crippen LogP contribution in [-0.2, 0) is 16.1 Å². The highest BCUT2D eigenvalue weighted by atomic mass is 127. The Balaban J connectivity index is 0.00000300. The quantitative estimate of drug-likeness (QED) is 0.348. The second kappa shape index (κ2) is 12.0. The van der Waals surface area contributed by atoms with E-state index >= 15 is 0 Å². The molecular weight excluding hydrogens is 481 g/mol. The maximum Gasteiger partial charge on any atom is 0.241 e. The number of carbonyl (C=O) groups is 2. The number of likely N-dealkylation sites (tertiary alicyclic amines) is 1. The van der Waals surface area contributed by atoms with Crippen LogP contribution >= 0.6 is 24.0 Å². The number of nitrogens with zero attached hydrogens (tertiary/aromatic N) is 3. The number of anilines is 1. The van der Waals surface area contributed by atoms with Gasteiger partial charge in [-0.25, -0.2) is 4.99 Å². The Morgan fingerprint density at radius 2 is 1.72 bits per heavy atom. The third-order valence-electron chi connectivity index (χ3n) is 5.20. The van der Waals surface area contributed by atoms with Crippen molar-refractivity contribution >= 4 is 47.4 Å². The van der Waals surface area contributed by atoms with Crippen LogP contribution in [0.2, 0.25) is 0 Å². The van der Waals surface area contributed by atoms with E-state index in [9.17, 15) is 9.59 Å². The topological polar surface area (TPSA) is 77.0 Å². The van der Waals surface area contributed by atoms with Crippen molar-refractivity contribution in [1.82, 2.24) is 15.5 Å². The van der Waals surface area contributed by atoms with Crippen molar-refractivity contribution in [2.45, 2.75) is 45.6 Å². The summed E-state index contributed by atoms with van der Waals surface area (Å²) in [6.07, 6.45) is 4.88. The highest BCUT2D eigenvalue weighted by molar-refractivity contribution is 14.0. The molecule has 0 spiro atoms. The summed E-state index contributed by atoms with van der Waals surface area (Å²) < 4.78 is 0. The van der Waals surface area contributed by atoms with Crippen molar-refractivity contribution in [2.24, 2.45) is 4.99 Å². The van der Waals surface area contributed by atoms with Gasteiger partial charge in [0, 0.05) is 38.3 Å². The van der Waals surface area contributed by atoms with Crippen LogP contribution in [0.4, 0.5) is 5.69 Å². The van der Waals surface area contributed by atoms with Gasteiger partial charge in [-0.2, -0.15) is 0 Å². The van der Waals surface area contributed by atoms with E-state index in [1.165, 1.54) is 0 Å². The number of benzene rings is 1.